The van der Waals surface area contributed by atoms with Crippen LogP contribution in [0.1, 0.15) is 24.2 Å². The third-order valence-electron chi connectivity index (χ3n) is 3.77. The Morgan fingerprint density at radius 2 is 1.79 bits per heavy atom. The zero-order chi connectivity index (χ0) is 20.2. The lowest BCUT2D eigenvalue weighted by atomic mass is 10.2. The summed E-state index contributed by atoms with van der Waals surface area (Å²) in [4.78, 5) is 16.5. The van der Waals surface area contributed by atoms with Gasteiger partial charge in [0.1, 0.15) is 0 Å². The number of halogens is 1. The van der Waals surface area contributed by atoms with Crippen LogP contribution in [0, 0.1) is 0 Å². The van der Waals surface area contributed by atoms with E-state index < -0.39 is 0 Å². The zero-order valence-corrected chi connectivity index (χ0v) is 19.4. The van der Waals surface area contributed by atoms with Crippen LogP contribution >= 0.6 is 24.0 Å². The van der Waals surface area contributed by atoms with Gasteiger partial charge in [-0.3, -0.25) is 9.79 Å². The highest BCUT2D eigenvalue weighted by Crippen LogP contribution is 2.30. The van der Waals surface area contributed by atoms with E-state index in [0.717, 1.165) is 12.2 Å². The van der Waals surface area contributed by atoms with Crippen molar-refractivity contribution in [2.75, 3.05) is 38.7 Å². The Morgan fingerprint density at radius 1 is 1.03 bits per heavy atom. The molecule has 0 saturated heterocycles. The second-order valence-electron chi connectivity index (χ2n) is 5.81. The van der Waals surface area contributed by atoms with Crippen molar-refractivity contribution in [3.05, 3.63) is 54.1 Å². The first kappa shape index (κ1) is 24.5. The fourth-order valence-corrected chi connectivity index (χ4v) is 2.49. The van der Waals surface area contributed by atoms with Gasteiger partial charge in [0.2, 0.25) is 0 Å². The molecule has 0 radical (unpaired) electrons. The number of benzene rings is 2. The van der Waals surface area contributed by atoms with Gasteiger partial charge in [-0.25, -0.2) is 0 Å². The van der Waals surface area contributed by atoms with Crippen molar-refractivity contribution in [3.8, 4) is 11.5 Å². The molecule has 0 spiro atoms. The first-order chi connectivity index (χ1) is 13.7. The number of anilines is 1. The predicted molar refractivity (Wildman–Crippen MR) is 128 cm³/mol. The summed E-state index contributed by atoms with van der Waals surface area (Å²) in [6.07, 6.45) is 0. The number of guanidine groups is 1. The van der Waals surface area contributed by atoms with Crippen molar-refractivity contribution < 1.29 is 14.3 Å². The molecule has 2 aromatic carbocycles. The molecule has 0 aliphatic carbocycles. The van der Waals surface area contributed by atoms with E-state index in [1.807, 2.05) is 50.2 Å². The maximum absolute atomic E-state index is 12.0. The molecule has 29 heavy (non-hydrogen) atoms. The largest absolute Gasteiger partial charge is 0.493 e. The molecule has 7 nitrogen and oxygen atoms in total. The molecule has 0 bridgehead atoms. The van der Waals surface area contributed by atoms with Crippen LogP contribution in [0.3, 0.4) is 0 Å². The van der Waals surface area contributed by atoms with Crippen LogP contribution in [0.5, 0.6) is 11.5 Å². The molecular formula is C21H29IN4O3. The molecule has 3 N–H and O–H groups in total. The maximum atomic E-state index is 12.0. The highest BCUT2D eigenvalue weighted by Gasteiger charge is 2.07. The zero-order valence-electron chi connectivity index (χ0n) is 17.0. The van der Waals surface area contributed by atoms with Gasteiger partial charge in [-0.1, -0.05) is 18.2 Å². The number of nitrogens with one attached hydrogen (secondary N) is 3. The minimum Gasteiger partial charge on any atom is -0.493 e. The van der Waals surface area contributed by atoms with Crippen molar-refractivity contribution in [1.29, 1.82) is 0 Å². The van der Waals surface area contributed by atoms with Crippen molar-refractivity contribution in [2.24, 2.45) is 4.99 Å². The van der Waals surface area contributed by atoms with Gasteiger partial charge in [-0.15, -0.1) is 24.0 Å². The van der Waals surface area contributed by atoms with E-state index in [1.165, 1.54) is 0 Å². The summed E-state index contributed by atoms with van der Waals surface area (Å²) < 4.78 is 10.9. The fraction of sp³-hybridized carbons (Fsp3) is 0.333. The lowest BCUT2D eigenvalue weighted by Gasteiger charge is -2.14. The van der Waals surface area contributed by atoms with Crippen molar-refractivity contribution in [2.45, 2.75) is 13.8 Å². The van der Waals surface area contributed by atoms with E-state index in [9.17, 15) is 4.79 Å². The molecule has 158 valence electrons. The SMILES string of the molecule is CCNC(=NCCNC(=O)c1ccccc1)Nc1ccc(OCC)c(OC)c1.I. The van der Waals surface area contributed by atoms with Gasteiger partial charge in [-0.2, -0.15) is 0 Å². The van der Waals surface area contributed by atoms with Crippen LogP contribution < -0.4 is 25.4 Å². The highest BCUT2D eigenvalue weighted by atomic mass is 127. The van der Waals surface area contributed by atoms with E-state index in [-0.39, 0.29) is 29.9 Å². The summed E-state index contributed by atoms with van der Waals surface area (Å²) in [6.45, 7) is 6.10. The number of ether oxygens (including phenoxy) is 2. The fourth-order valence-electron chi connectivity index (χ4n) is 2.49. The Bertz CT molecular complexity index is 785. The van der Waals surface area contributed by atoms with Crippen molar-refractivity contribution in [3.63, 3.8) is 0 Å². The first-order valence-electron chi connectivity index (χ1n) is 9.37. The van der Waals surface area contributed by atoms with Gasteiger partial charge >= 0.3 is 0 Å². The van der Waals surface area contributed by atoms with Gasteiger partial charge in [-0.05, 0) is 38.1 Å². The van der Waals surface area contributed by atoms with Gasteiger partial charge < -0.3 is 25.4 Å². The van der Waals surface area contributed by atoms with Gasteiger partial charge in [0.25, 0.3) is 5.91 Å². The average molecular weight is 512 g/mol. The molecule has 0 atom stereocenters. The molecule has 0 heterocycles. The number of amides is 1. The summed E-state index contributed by atoms with van der Waals surface area (Å²) in [6, 6.07) is 14.7. The Kier molecular flexibility index (Phi) is 11.6. The predicted octanol–water partition coefficient (Wildman–Crippen LogP) is 3.52. The first-order valence-corrected chi connectivity index (χ1v) is 9.37. The number of carbonyl (C=O) groups is 1. The average Bonchev–Trinajstić information content (AvgIpc) is 2.73. The second-order valence-corrected chi connectivity index (χ2v) is 5.81. The number of nitrogens with zero attached hydrogens (tertiary/aromatic N) is 1. The third kappa shape index (κ3) is 8.18. The summed E-state index contributed by atoms with van der Waals surface area (Å²) in [5.41, 5.74) is 1.46. The third-order valence-corrected chi connectivity index (χ3v) is 3.77. The van der Waals surface area contributed by atoms with Crippen LogP contribution in [0.2, 0.25) is 0 Å². The van der Waals surface area contributed by atoms with Gasteiger partial charge in [0.15, 0.2) is 17.5 Å². The molecular weight excluding hydrogens is 483 g/mol. The normalized spacial score (nSPS) is 10.5. The molecule has 0 unspecified atom stereocenters. The Labute approximate surface area is 189 Å². The molecule has 0 fully saturated rings. The Balaban J connectivity index is 0.00000420. The molecule has 1 amide bonds. The second kappa shape index (κ2) is 13.6. The standard InChI is InChI=1S/C21H28N4O3.HI/c1-4-22-21(24-14-13-23-20(26)16-9-7-6-8-10-16)25-17-11-12-18(28-5-2)19(15-17)27-3;/h6-12,15H,4-5,13-14H2,1-3H3,(H,23,26)(H2,22,24,25);1H. The smallest absolute Gasteiger partial charge is 0.251 e. The molecule has 2 rings (SSSR count). The summed E-state index contributed by atoms with van der Waals surface area (Å²) in [7, 11) is 1.61. The summed E-state index contributed by atoms with van der Waals surface area (Å²) in [5, 5.41) is 9.28. The van der Waals surface area contributed by atoms with Crippen LogP contribution in [0.4, 0.5) is 5.69 Å². The number of hydrogen-bond donors (Lipinski definition) is 3. The number of hydrogen-bond acceptors (Lipinski definition) is 4. The molecule has 0 aromatic heterocycles. The van der Waals surface area contributed by atoms with E-state index in [4.69, 9.17) is 9.47 Å². The lowest BCUT2D eigenvalue weighted by Crippen LogP contribution is -2.32. The quantitative estimate of drug-likeness (QED) is 0.207. The number of methoxy groups -OCH3 is 1. The summed E-state index contributed by atoms with van der Waals surface area (Å²) in [5.74, 6) is 1.87. The summed E-state index contributed by atoms with van der Waals surface area (Å²) >= 11 is 0. The molecule has 0 aliphatic heterocycles. The van der Waals surface area contributed by atoms with Gasteiger partial charge in [0, 0.05) is 30.4 Å². The molecule has 8 heteroatoms. The number of aliphatic imine (C=N–C) groups is 1. The van der Waals surface area contributed by atoms with E-state index in [2.05, 4.69) is 20.9 Å². The highest BCUT2D eigenvalue weighted by molar-refractivity contribution is 14.0. The van der Waals surface area contributed by atoms with Crippen LogP contribution in [-0.2, 0) is 0 Å². The Morgan fingerprint density at radius 3 is 2.45 bits per heavy atom. The minimum atomic E-state index is -0.106. The van der Waals surface area contributed by atoms with E-state index in [0.29, 0.717) is 42.7 Å². The minimum absolute atomic E-state index is 0. The van der Waals surface area contributed by atoms with Crippen molar-refractivity contribution in [1.82, 2.24) is 10.6 Å². The van der Waals surface area contributed by atoms with Gasteiger partial charge in [0.05, 0.1) is 20.3 Å². The monoisotopic (exact) mass is 512 g/mol. The maximum Gasteiger partial charge on any atom is 0.251 e. The lowest BCUT2D eigenvalue weighted by molar-refractivity contribution is 0.0955. The van der Waals surface area contributed by atoms with Crippen molar-refractivity contribution >= 4 is 41.5 Å². The molecule has 0 aliphatic rings. The van der Waals surface area contributed by atoms with E-state index >= 15 is 0 Å². The van der Waals surface area contributed by atoms with Crippen LogP contribution in [0.25, 0.3) is 0 Å². The topological polar surface area (TPSA) is 84.0 Å². The number of carbonyl (C=O) groups excluding carboxylic acids is 1. The van der Waals surface area contributed by atoms with Crippen LogP contribution in [-0.4, -0.2) is 45.2 Å². The number of rotatable bonds is 9. The van der Waals surface area contributed by atoms with Crippen LogP contribution in [0.15, 0.2) is 53.5 Å². The molecule has 2 aromatic rings. The van der Waals surface area contributed by atoms with E-state index in [1.54, 1.807) is 19.2 Å². The molecule has 0 saturated carbocycles. The Hall–Kier alpha value is -2.49.